The fourth-order valence-corrected chi connectivity index (χ4v) is 5.50. The molecule has 1 heterocycles. The van der Waals surface area contributed by atoms with Crippen LogP contribution >= 0.6 is 11.3 Å². The Morgan fingerprint density at radius 1 is 0.909 bits per heavy atom. The number of anilines is 1. The van der Waals surface area contributed by atoms with Gasteiger partial charge in [0.15, 0.2) is 11.9 Å². The zero-order chi connectivity index (χ0) is 23.7. The largest absolute Gasteiger partial charge is 0.333 e. The third kappa shape index (κ3) is 6.10. The van der Waals surface area contributed by atoms with E-state index in [1.54, 1.807) is 5.38 Å². The molecule has 4 rings (SSSR count). The van der Waals surface area contributed by atoms with Crippen molar-refractivity contribution in [2.24, 2.45) is 0 Å². The Labute approximate surface area is 194 Å². The lowest BCUT2D eigenvalue weighted by Crippen LogP contribution is -2.34. The van der Waals surface area contributed by atoms with Crippen molar-refractivity contribution in [1.29, 1.82) is 0 Å². The van der Waals surface area contributed by atoms with Gasteiger partial charge in [0.2, 0.25) is 4.34 Å². The maximum atomic E-state index is 12.3. The number of amides is 2. The summed E-state index contributed by atoms with van der Waals surface area (Å²) in [6.07, 6.45) is 7.45. The van der Waals surface area contributed by atoms with E-state index in [4.69, 9.17) is 0 Å². The number of carbonyl (C=O) groups is 1. The number of hydrogen-bond acceptors (Lipinski definition) is 7. The van der Waals surface area contributed by atoms with Crippen LogP contribution in [0.5, 0.6) is 0 Å². The van der Waals surface area contributed by atoms with Gasteiger partial charge in [-0.3, -0.25) is 0 Å². The molecule has 2 aliphatic carbocycles. The number of nitrogens with zero attached hydrogens (tertiary/aromatic N) is 1. The Morgan fingerprint density at radius 2 is 1.48 bits per heavy atom. The number of benzene rings is 1. The molecule has 2 amide bonds. The third-order valence-corrected chi connectivity index (χ3v) is 7.46. The van der Waals surface area contributed by atoms with Crippen molar-refractivity contribution in [2.75, 3.05) is 5.32 Å². The molecule has 0 unspecified atom stereocenters. The first-order chi connectivity index (χ1) is 16.0. The van der Waals surface area contributed by atoms with Crippen LogP contribution in [0, 0.1) is 0 Å². The van der Waals surface area contributed by atoms with Crippen molar-refractivity contribution in [3.05, 3.63) is 68.6 Å². The van der Waals surface area contributed by atoms with Gasteiger partial charge in [0.1, 0.15) is 0 Å². The Morgan fingerprint density at radius 3 is 2.00 bits per heavy atom. The van der Waals surface area contributed by atoms with E-state index in [9.17, 15) is 22.8 Å². The smallest absolute Gasteiger partial charge is 0.307 e. The molecule has 0 aliphatic heterocycles. The molecule has 0 fully saturated rings. The first-order valence-electron chi connectivity index (χ1n) is 9.85. The molecule has 0 saturated carbocycles. The van der Waals surface area contributed by atoms with E-state index in [0.29, 0.717) is 0 Å². The maximum Gasteiger partial charge on any atom is 0.333 e. The molecule has 8 nitrogen and oxygen atoms in total. The number of aryl methyl sites for hydroxylation is 2. The number of sulfonamides is 1. The molecular formula is C23H17N3O5S2. The van der Waals surface area contributed by atoms with E-state index < -0.39 is 16.1 Å². The molecule has 0 radical (unpaired) electrons. The van der Waals surface area contributed by atoms with Gasteiger partial charge in [-0.15, -0.1) is 11.3 Å². The van der Waals surface area contributed by atoms with E-state index in [-0.39, 0.29) is 4.34 Å². The summed E-state index contributed by atoms with van der Waals surface area (Å²) in [7, 11) is -3.92. The van der Waals surface area contributed by atoms with Crippen LogP contribution in [0.15, 0.2) is 50.6 Å². The number of carbonyl (C=O) groups excluding carboxylic acids is 3. The van der Waals surface area contributed by atoms with E-state index in [2.05, 4.69) is 38.3 Å². The van der Waals surface area contributed by atoms with Crippen LogP contribution in [0.2, 0.25) is 0 Å². The lowest BCUT2D eigenvalue weighted by Gasteiger charge is -2.16. The first kappa shape index (κ1) is 23.8. The molecule has 2 aromatic rings. The van der Waals surface area contributed by atoms with Crippen LogP contribution in [0.1, 0.15) is 35.1 Å². The highest BCUT2D eigenvalue weighted by molar-refractivity contribution is 7.92. The summed E-state index contributed by atoms with van der Waals surface area (Å²) in [5.41, 5.74) is 15.9. The number of nitrogens with one attached hydrogen (secondary N) is 2. The molecule has 1 aromatic heterocycles. The molecule has 166 valence electrons. The summed E-state index contributed by atoms with van der Waals surface area (Å²) in [6, 6.07) is 1.54. The minimum absolute atomic E-state index is 0.110. The normalized spacial score (nSPS) is 12.5. The molecule has 10 heteroatoms. The molecule has 0 bridgehead atoms. The van der Waals surface area contributed by atoms with Crippen molar-refractivity contribution in [3.8, 4) is 0 Å². The number of fused-ring (bicyclic) bond motifs is 2. The summed E-state index contributed by atoms with van der Waals surface area (Å²) in [5, 5.41) is 4.37. The standard InChI is InChI=1S/C16H17N3O3S2.C7O2/c20-15(19-24(21,22)16-17-7-8-23-16)18-14-12-5-1-3-10(12)9-11-4-2-6-13(11)14;8-6-4-2-1-3-5-7-9/h7-9H,1-6H2,(H2,18,19,20);. The molecular weight excluding hydrogens is 462 g/mol. The van der Waals surface area contributed by atoms with E-state index in [1.807, 2.05) is 11.5 Å². The van der Waals surface area contributed by atoms with Crippen molar-refractivity contribution >= 4 is 45.0 Å². The second kappa shape index (κ2) is 11.1. The van der Waals surface area contributed by atoms with Gasteiger partial charge < -0.3 is 5.32 Å². The van der Waals surface area contributed by atoms with E-state index >= 15 is 0 Å². The monoisotopic (exact) mass is 479 g/mol. The Bertz CT molecular complexity index is 1370. The zero-order valence-electron chi connectivity index (χ0n) is 17.3. The van der Waals surface area contributed by atoms with Crippen LogP contribution in [0.4, 0.5) is 10.5 Å². The van der Waals surface area contributed by atoms with Crippen molar-refractivity contribution < 1.29 is 22.8 Å². The quantitative estimate of drug-likeness (QED) is 0.516. The maximum absolute atomic E-state index is 12.3. The second-order valence-corrected chi connectivity index (χ2v) is 9.67. The summed E-state index contributed by atoms with van der Waals surface area (Å²) >= 11 is 0.977. The predicted octanol–water partition coefficient (Wildman–Crippen LogP) is 2.61. The van der Waals surface area contributed by atoms with Crippen molar-refractivity contribution in [2.45, 2.75) is 42.9 Å². The molecule has 0 spiro atoms. The van der Waals surface area contributed by atoms with Crippen molar-refractivity contribution in [1.82, 2.24) is 9.71 Å². The molecule has 0 atom stereocenters. The summed E-state index contributed by atoms with van der Waals surface area (Å²) in [5.74, 6) is 2.61. The SMILES string of the molecule is O=C(Nc1c2c(cc3c1CCC3)CCC2)NS(=O)(=O)c1nccs1.O=C=C=C=C=C=C=C=O. The summed E-state index contributed by atoms with van der Waals surface area (Å²) in [4.78, 5) is 34.8. The second-order valence-electron chi connectivity index (χ2n) is 6.92. The number of aromatic nitrogens is 1. The van der Waals surface area contributed by atoms with Gasteiger partial charge in [0, 0.05) is 45.9 Å². The number of urea groups is 1. The van der Waals surface area contributed by atoms with Crippen LogP contribution in [-0.4, -0.2) is 31.3 Å². The van der Waals surface area contributed by atoms with Gasteiger partial charge in [-0.05, 0) is 60.8 Å². The van der Waals surface area contributed by atoms with E-state index in [1.165, 1.54) is 29.2 Å². The van der Waals surface area contributed by atoms with Crippen molar-refractivity contribution in [3.63, 3.8) is 0 Å². The van der Waals surface area contributed by atoms with Crippen LogP contribution in [-0.2, 0) is 45.3 Å². The fourth-order valence-electron chi connectivity index (χ4n) is 3.76. The lowest BCUT2D eigenvalue weighted by molar-refractivity contribution is 0.256. The minimum atomic E-state index is -3.92. The summed E-state index contributed by atoms with van der Waals surface area (Å²) in [6.45, 7) is 0. The van der Waals surface area contributed by atoms with Gasteiger partial charge in [-0.25, -0.2) is 24.1 Å². The Kier molecular flexibility index (Phi) is 8.02. The van der Waals surface area contributed by atoms with Gasteiger partial charge in [-0.2, -0.15) is 8.42 Å². The Balaban J connectivity index is 0.000000292. The fraction of sp³-hybridized carbons (Fsp3) is 0.261. The molecule has 33 heavy (non-hydrogen) atoms. The Hall–Kier alpha value is -3.87. The van der Waals surface area contributed by atoms with Gasteiger partial charge >= 0.3 is 6.03 Å². The van der Waals surface area contributed by atoms with Gasteiger partial charge in [-0.1, -0.05) is 6.07 Å². The highest BCUT2D eigenvalue weighted by Gasteiger charge is 2.26. The minimum Gasteiger partial charge on any atom is -0.307 e. The lowest BCUT2D eigenvalue weighted by atomic mass is 9.99. The topological polar surface area (TPSA) is 122 Å². The summed E-state index contributed by atoms with van der Waals surface area (Å²) < 4.78 is 26.2. The average molecular weight is 480 g/mol. The number of rotatable bonds is 3. The number of thiazole rings is 1. The van der Waals surface area contributed by atoms with Crippen LogP contribution < -0.4 is 10.0 Å². The first-order valence-corrected chi connectivity index (χ1v) is 12.2. The molecule has 1 aromatic carbocycles. The third-order valence-electron chi connectivity index (χ3n) is 4.93. The van der Waals surface area contributed by atoms with Gasteiger partial charge in [0.05, 0.1) is 0 Å². The predicted molar refractivity (Wildman–Crippen MR) is 121 cm³/mol. The highest BCUT2D eigenvalue weighted by Crippen LogP contribution is 2.38. The van der Waals surface area contributed by atoms with E-state index in [0.717, 1.165) is 66.7 Å². The zero-order valence-corrected chi connectivity index (χ0v) is 18.9. The van der Waals surface area contributed by atoms with Crippen LogP contribution in [0.25, 0.3) is 0 Å². The van der Waals surface area contributed by atoms with Crippen LogP contribution in [0.3, 0.4) is 0 Å². The molecule has 2 aliphatic rings. The molecule has 0 saturated heterocycles. The molecule has 2 N–H and O–H groups in total. The average Bonchev–Trinajstić information content (AvgIpc) is 3.54. The van der Waals surface area contributed by atoms with Gasteiger partial charge in [0.25, 0.3) is 10.0 Å². The number of hydrogen-bond donors (Lipinski definition) is 2. The highest BCUT2D eigenvalue weighted by atomic mass is 32.2.